The molecule has 1 amide bonds. The van der Waals surface area contributed by atoms with Gasteiger partial charge in [0.15, 0.2) is 0 Å². The van der Waals surface area contributed by atoms with E-state index in [0.717, 1.165) is 36.7 Å². The normalized spacial score (nSPS) is 18.3. The van der Waals surface area contributed by atoms with E-state index in [-0.39, 0.29) is 41.9 Å². The number of piperidine rings is 1. The molecule has 0 aliphatic carbocycles. The van der Waals surface area contributed by atoms with Crippen LogP contribution in [0.25, 0.3) is 0 Å². The lowest BCUT2D eigenvalue weighted by Gasteiger charge is -2.27. The molecule has 4 rings (SSSR count). The van der Waals surface area contributed by atoms with E-state index in [1.165, 1.54) is 28.8 Å². The van der Waals surface area contributed by atoms with E-state index >= 15 is 0 Å². The highest BCUT2D eigenvalue weighted by atomic mass is 32.2. The molecule has 3 N–H and O–H groups in total. The fourth-order valence-corrected chi connectivity index (χ4v) is 5.05. The topological polar surface area (TPSA) is 144 Å². The summed E-state index contributed by atoms with van der Waals surface area (Å²) in [5, 5.41) is 10.5. The van der Waals surface area contributed by atoms with Crippen molar-refractivity contribution in [3.8, 4) is 0 Å². The third-order valence-electron chi connectivity index (χ3n) is 5.26. The second kappa shape index (κ2) is 8.03. The van der Waals surface area contributed by atoms with Crippen LogP contribution in [0.5, 0.6) is 0 Å². The molecule has 0 radical (unpaired) electrons. The van der Waals surface area contributed by atoms with Gasteiger partial charge in [-0.1, -0.05) is 0 Å². The molecule has 1 aromatic carbocycles. The Morgan fingerprint density at radius 2 is 1.73 bits per heavy atom. The Bertz CT molecular complexity index is 1060. The van der Waals surface area contributed by atoms with Crippen molar-refractivity contribution in [2.45, 2.75) is 24.2 Å². The molecule has 2 aliphatic heterocycles. The first-order valence-corrected chi connectivity index (χ1v) is 11.2. The number of nitrogens with two attached hydrogens (primary N) is 1. The number of carbonyl (C=O) groups is 2. The van der Waals surface area contributed by atoms with Crippen LogP contribution in [0.4, 0.5) is 11.9 Å². The van der Waals surface area contributed by atoms with Crippen LogP contribution < -0.4 is 16.0 Å². The Morgan fingerprint density at radius 3 is 2.40 bits per heavy atom. The van der Waals surface area contributed by atoms with Crippen molar-refractivity contribution in [2.75, 3.05) is 43.4 Å². The molecule has 2 fully saturated rings. The lowest BCUT2D eigenvalue weighted by Crippen LogP contribution is -2.49. The fraction of sp³-hybridized carbons (Fsp3) is 0.444. The maximum absolute atomic E-state index is 13.1. The molecule has 0 unspecified atom stereocenters. The zero-order valence-electron chi connectivity index (χ0n) is 16.3. The molecule has 1 aromatic heterocycles. The maximum atomic E-state index is 13.1. The fourth-order valence-electron chi connectivity index (χ4n) is 3.65. The second-order valence-electron chi connectivity index (χ2n) is 7.26. The Labute approximate surface area is 173 Å². The summed E-state index contributed by atoms with van der Waals surface area (Å²) in [7, 11) is -3.83. The highest BCUT2D eigenvalue weighted by Crippen LogP contribution is 2.23. The number of nitrogens with zero attached hydrogens (tertiary/aromatic N) is 5. The van der Waals surface area contributed by atoms with Crippen molar-refractivity contribution in [3.63, 3.8) is 0 Å². The quantitative estimate of drug-likeness (QED) is 0.666. The van der Waals surface area contributed by atoms with Crippen LogP contribution in [0, 0.1) is 0 Å². The van der Waals surface area contributed by atoms with Crippen LogP contribution in [-0.4, -0.2) is 72.0 Å². The van der Waals surface area contributed by atoms with Crippen LogP contribution in [-0.2, 0) is 14.8 Å². The van der Waals surface area contributed by atoms with Crippen molar-refractivity contribution < 1.29 is 18.0 Å². The average molecular weight is 433 g/mol. The molecule has 0 bridgehead atoms. The van der Waals surface area contributed by atoms with Gasteiger partial charge in [-0.05, 0) is 43.5 Å². The standard InChI is InChI=1S/C18H23N7O4S/c19-17-21-22-18(23-9-2-1-3-10-23)25(17)16(27)13-4-6-14(7-5-13)30(28,29)24-11-8-20-15(26)12-24/h4-7H,1-3,8-12H2,(H2,19,21)(H,20,26). The summed E-state index contributed by atoms with van der Waals surface area (Å²) in [6, 6.07) is 5.57. The summed E-state index contributed by atoms with van der Waals surface area (Å²) in [6.07, 6.45) is 3.13. The number of aromatic nitrogens is 3. The smallest absolute Gasteiger partial charge is 0.267 e. The minimum atomic E-state index is -3.83. The van der Waals surface area contributed by atoms with Crippen LogP contribution in [0.15, 0.2) is 29.2 Å². The zero-order valence-corrected chi connectivity index (χ0v) is 17.1. The zero-order chi connectivity index (χ0) is 21.3. The first kappa shape index (κ1) is 20.3. The lowest BCUT2D eigenvalue weighted by atomic mass is 10.1. The largest absolute Gasteiger partial charge is 0.367 e. The number of piperazine rings is 1. The van der Waals surface area contributed by atoms with Gasteiger partial charge in [0.25, 0.3) is 5.91 Å². The van der Waals surface area contributed by atoms with E-state index in [9.17, 15) is 18.0 Å². The molecule has 0 saturated carbocycles. The Balaban J connectivity index is 1.58. The van der Waals surface area contributed by atoms with Gasteiger partial charge in [-0.15, -0.1) is 10.2 Å². The number of carbonyl (C=O) groups excluding carboxylic acids is 2. The van der Waals surface area contributed by atoms with Gasteiger partial charge >= 0.3 is 0 Å². The summed E-state index contributed by atoms with van der Waals surface area (Å²) >= 11 is 0. The van der Waals surface area contributed by atoms with Crippen molar-refractivity contribution >= 4 is 33.7 Å². The van der Waals surface area contributed by atoms with Crippen LogP contribution in [0.2, 0.25) is 0 Å². The number of hydrogen-bond donors (Lipinski definition) is 2. The van der Waals surface area contributed by atoms with Gasteiger partial charge in [0.05, 0.1) is 11.4 Å². The predicted octanol–water partition coefficient (Wildman–Crippen LogP) is -0.340. The average Bonchev–Trinajstić information content (AvgIpc) is 3.15. The number of rotatable bonds is 4. The first-order chi connectivity index (χ1) is 14.4. The molecule has 2 aliphatic rings. The predicted molar refractivity (Wildman–Crippen MR) is 108 cm³/mol. The number of benzene rings is 1. The van der Waals surface area contributed by atoms with Crippen molar-refractivity contribution in [1.82, 2.24) is 24.4 Å². The van der Waals surface area contributed by atoms with Gasteiger partial charge in [-0.25, -0.2) is 13.0 Å². The summed E-state index contributed by atoms with van der Waals surface area (Å²) < 4.78 is 27.9. The molecule has 2 saturated heterocycles. The maximum Gasteiger partial charge on any atom is 0.267 e. The number of anilines is 2. The number of hydrogen-bond acceptors (Lipinski definition) is 8. The lowest BCUT2D eigenvalue weighted by molar-refractivity contribution is -0.122. The van der Waals surface area contributed by atoms with E-state index in [4.69, 9.17) is 5.73 Å². The summed E-state index contributed by atoms with van der Waals surface area (Å²) in [6.45, 7) is 1.78. The third kappa shape index (κ3) is 3.75. The van der Waals surface area contributed by atoms with Crippen molar-refractivity contribution in [2.24, 2.45) is 0 Å². The van der Waals surface area contributed by atoms with Gasteiger partial charge in [-0.2, -0.15) is 4.31 Å². The molecular formula is C18H23N7O4S. The summed E-state index contributed by atoms with van der Waals surface area (Å²) in [5.41, 5.74) is 6.16. The molecule has 3 heterocycles. The van der Waals surface area contributed by atoms with E-state index in [1.54, 1.807) is 0 Å². The number of nitrogens with one attached hydrogen (secondary N) is 1. The van der Waals surface area contributed by atoms with Crippen LogP contribution in [0.3, 0.4) is 0 Å². The first-order valence-electron chi connectivity index (χ1n) is 9.75. The van der Waals surface area contributed by atoms with Crippen molar-refractivity contribution in [3.05, 3.63) is 29.8 Å². The summed E-state index contributed by atoms with van der Waals surface area (Å²) in [4.78, 5) is 26.6. The molecule has 0 spiro atoms. The Hall–Kier alpha value is -2.99. The monoisotopic (exact) mass is 433 g/mol. The molecule has 12 heteroatoms. The van der Waals surface area contributed by atoms with Gasteiger partial charge in [0, 0.05) is 31.7 Å². The summed E-state index contributed by atoms with van der Waals surface area (Å²) in [5.74, 6) is -0.394. The van der Waals surface area contributed by atoms with Crippen LogP contribution in [0.1, 0.15) is 29.6 Å². The molecule has 0 atom stereocenters. The number of sulfonamides is 1. The van der Waals surface area contributed by atoms with Gasteiger partial charge in [0.1, 0.15) is 0 Å². The molecular weight excluding hydrogens is 410 g/mol. The molecule has 160 valence electrons. The van der Waals surface area contributed by atoms with E-state index in [1.807, 2.05) is 4.90 Å². The molecule has 11 nitrogen and oxygen atoms in total. The van der Waals surface area contributed by atoms with Crippen molar-refractivity contribution in [1.29, 1.82) is 0 Å². The third-order valence-corrected chi connectivity index (χ3v) is 7.11. The minimum absolute atomic E-state index is 0.0155. The molecule has 2 aromatic rings. The van der Waals surface area contributed by atoms with E-state index in [0.29, 0.717) is 5.95 Å². The number of nitrogen functional groups attached to an aromatic ring is 1. The SMILES string of the molecule is Nc1nnc(N2CCCCC2)n1C(=O)c1ccc(S(=O)(=O)N2CCNC(=O)C2)cc1. The second-order valence-corrected chi connectivity index (χ2v) is 9.20. The minimum Gasteiger partial charge on any atom is -0.367 e. The van der Waals surface area contributed by atoms with E-state index < -0.39 is 15.9 Å². The number of amides is 1. The highest BCUT2D eigenvalue weighted by Gasteiger charge is 2.30. The van der Waals surface area contributed by atoms with Gasteiger partial charge in [-0.3, -0.25) is 9.59 Å². The highest BCUT2D eigenvalue weighted by molar-refractivity contribution is 7.89. The Kier molecular flexibility index (Phi) is 5.43. The van der Waals surface area contributed by atoms with Crippen LogP contribution >= 0.6 is 0 Å². The van der Waals surface area contributed by atoms with E-state index in [2.05, 4.69) is 15.5 Å². The molecule has 30 heavy (non-hydrogen) atoms. The van der Waals surface area contributed by atoms with Gasteiger partial charge in [0.2, 0.25) is 27.8 Å². The van der Waals surface area contributed by atoms with Gasteiger partial charge < -0.3 is 16.0 Å². The Morgan fingerprint density at radius 1 is 1.03 bits per heavy atom.